The van der Waals surface area contributed by atoms with Crippen molar-refractivity contribution in [3.63, 3.8) is 0 Å². The van der Waals surface area contributed by atoms with Gasteiger partial charge in [-0.05, 0) is 54.7 Å². The smallest absolute Gasteiger partial charge is 0.201 e. The second kappa shape index (κ2) is 15.8. The maximum atomic E-state index is 15.2. The molecule has 41 heavy (non-hydrogen) atoms. The third-order valence-corrected chi connectivity index (χ3v) is 7.55. The summed E-state index contributed by atoms with van der Waals surface area (Å²) in [7, 11) is 0. The molecule has 0 atom stereocenters. The number of unbranched alkanes of at least 4 members (excludes halogenated alkanes) is 5. The van der Waals surface area contributed by atoms with Crippen LogP contribution in [-0.2, 0) is 9.47 Å². The predicted octanol–water partition coefficient (Wildman–Crippen LogP) is 9.99. The maximum absolute atomic E-state index is 15.2. The van der Waals surface area contributed by atoms with E-state index in [1.165, 1.54) is 37.5 Å². The van der Waals surface area contributed by atoms with Crippen LogP contribution in [0.1, 0.15) is 76.7 Å². The minimum atomic E-state index is -0.987. The number of hydrogen-bond acceptors (Lipinski definition) is 3. The lowest BCUT2D eigenvalue weighted by Crippen LogP contribution is -2.30. The molecule has 220 valence electrons. The van der Waals surface area contributed by atoms with Gasteiger partial charge in [0, 0.05) is 23.5 Å². The minimum absolute atomic E-state index is 0.0329. The molecule has 0 bridgehead atoms. The number of hydrogen-bond donors (Lipinski definition) is 0. The molecule has 0 aromatic heterocycles. The standard InChI is InChI=1S/C35H41F3O3/c1-3-5-7-8-9-11-21-39-32-20-19-30(34(37)35(32)38)26-15-13-25(14-16-26)29-18-17-27(22-31(29)36)28-23-40-33(41-24-28)12-10-6-4-2/h4,6,13-20,22,28,33H,3,5,7-12,21,23-24H2,1-2H3. The summed E-state index contributed by atoms with van der Waals surface area (Å²) < 4.78 is 62.0. The SMILES string of the molecule is CC=CCCC1OCC(c2ccc(-c3ccc(-c4ccc(OCCCCCCCC)c(F)c4F)cc3)c(F)c2)CO1. The van der Waals surface area contributed by atoms with Crippen molar-refractivity contribution >= 4 is 0 Å². The summed E-state index contributed by atoms with van der Waals surface area (Å²) in [6, 6.07) is 14.9. The van der Waals surface area contributed by atoms with E-state index in [0.717, 1.165) is 37.7 Å². The fraction of sp³-hybridized carbons (Fsp3) is 0.429. The highest BCUT2D eigenvalue weighted by Gasteiger charge is 2.24. The summed E-state index contributed by atoms with van der Waals surface area (Å²) in [5.41, 5.74) is 2.55. The van der Waals surface area contributed by atoms with Crippen molar-refractivity contribution in [1.29, 1.82) is 0 Å². The maximum Gasteiger partial charge on any atom is 0.201 e. The average Bonchev–Trinajstić information content (AvgIpc) is 2.99. The van der Waals surface area contributed by atoms with Crippen LogP contribution in [0.5, 0.6) is 5.75 Å². The third-order valence-electron chi connectivity index (χ3n) is 7.55. The van der Waals surface area contributed by atoms with E-state index in [1.807, 2.05) is 19.1 Å². The summed E-state index contributed by atoms with van der Waals surface area (Å²) in [6.07, 6.45) is 12.1. The molecule has 3 nitrogen and oxygen atoms in total. The van der Waals surface area contributed by atoms with Crippen LogP contribution >= 0.6 is 0 Å². The van der Waals surface area contributed by atoms with E-state index >= 15 is 4.39 Å². The highest BCUT2D eigenvalue weighted by Crippen LogP contribution is 2.33. The Hall–Kier alpha value is -3.09. The molecule has 1 aliphatic rings. The molecule has 6 heteroatoms. The molecule has 1 heterocycles. The summed E-state index contributed by atoms with van der Waals surface area (Å²) in [6.45, 7) is 5.48. The lowest BCUT2D eigenvalue weighted by molar-refractivity contribution is -0.189. The number of benzene rings is 3. The zero-order valence-electron chi connectivity index (χ0n) is 24.1. The highest BCUT2D eigenvalue weighted by molar-refractivity contribution is 5.71. The predicted molar refractivity (Wildman–Crippen MR) is 159 cm³/mol. The van der Waals surface area contributed by atoms with Gasteiger partial charge in [0.2, 0.25) is 5.82 Å². The Morgan fingerprint density at radius 3 is 2.15 bits per heavy atom. The Labute approximate surface area is 242 Å². The van der Waals surface area contributed by atoms with Gasteiger partial charge in [0.1, 0.15) is 5.82 Å². The van der Waals surface area contributed by atoms with Crippen molar-refractivity contribution in [1.82, 2.24) is 0 Å². The van der Waals surface area contributed by atoms with E-state index in [0.29, 0.717) is 36.5 Å². The summed E-state index contributed by atoms with van der Waals surface area (Å²) in [4.78, 5) is 0. The molecule has 4 rings (SSSR count). The quantitative estimate of drug-likeness (QED) is 0.144. The van der Waals surface area contributed by atoms with Crippen molar-refractivity contribution in [3.8, 4) is 28.0 Å². The van der Waals surface area contributed by atoms with Gasteiger partial charge in [-0.3, -0.25) is 0 Å². The zero-order valence-corrected chi connectivity index (χ0v) is 24.1. The first-order valence-corrected chi connectivity index (χ1v) is 14.9. The Bertz CT molecular complexity index is 1260. The van der Waals surface area contributed by atoms with Gasteiger partial charge in [0.25, 0.3) is 0 Å². The van der Waals surface area contributed by atoms with E-state index in [4.69, 9.17) is 14.2 Å². The van der Waals surface area contributed by atoms with E-state index in [9.17, 15) is 8.78 Å². The normalized spacial score (nSPS) is 17.3. The van der Waals surface area contributed by atoms with Crippen LogP contribution in [0.3, 0.4) is 0 Å². The molecule has 3 aromatic rings. The van der Waals surface area contributed by atoms with E-state index in [1.54, 1.807) is 30.3 Å². The van der Waals surface area contributed by atoms with Gasteiger partial charge in [0.15, 0.2) is 17.9 Å². The molecule has 0 N–H and O–H groups in total. The first-order chi connectivity index (χ1) is 20.0. The van der Waals surface area contributed by atoms with Crippen molar-refractivity contribution in [2.24, 2.45) is 0 Å². The van der Waals surface area contributed by atoms with Crippen LogP contribution < -0.4 is 4.74 Å². The molecular formula is C35H41F3O3. The van der Waals surface area contributed by atoms with Gasteiger partial charge in [-0.2, -0.15) is 4.39 Å². The van der Waals surface area contributed by atoms with Crippen molar-refractivity contribution in [2.45, 2.75) is 77.4 Å². The Morgan fingerprint density at radius 2 is 1.46 bits per heavy atom. The third kappa shape index (κ3) is 8.46. The summed E-state index contributed by atoms with van der Waals surface area (Å²) in [5, 5.41) is 0. The fourth-order valence-corrected chi connectivity index (χ4v) is 5.08. The van der Waals surface area contributed by atoms with Crippen LogP contribution in [0, 0.1) is 17.5 Å². The topological polar surface area (TPSA) is 27.7 Å². The first kappa shape index (κ1) is 30.9. The molecule has 0 unspecified atom stereocenters. The molecular weight excluding hydrogens is 525 g/mol. The van der Waals surface area contributed by atoms with Crippen LogP contribution in [0.25, 0.3) is 22.3 Å². The lowest BCUT2D eigenvalue weighted by atomic mass is 9.95. The largest absolute Gasteiger partial charge is 0.490 e. The van der Waals surface area contributed by atoms with Crippen molar-refractivity contribution in [2.75, 3.05) is 19.8 Å². The van der Waals surface area contributed by atoms with Gasteiger partial charge < -0.3 is 14.2 Å². The van der Waals surface area contributed by atoms with Crippen LogP contribution in [0.2, 0.25) is 0 Å². The van der Waals surface area contributed by atoms with Gasteiger partial charge in [0.05, 0.1) is 19.8 Å². The molecule has 1 aliphatic heterocycles. The van der Waals surface area contributed by atoms with E-state index in [-0.39, 0.29) is 29.3 Å². The second-order valence-electron chi connectivity index (χ2n) is 10.6. The van der Waals surface area contributed by atoms with Crippen LogP contribution in [0.15, 0.2) is 66.7 Å². The number of halogens is 3. The Morgan fingerprint density at radius 1 is 0.805 bits per heavy atom. The second-order valence-corrected chi connectivity index (χ2v) is 10.6. The molecule has 0 radical (unpaired) electrons. The lowest BCUT2D eigenvalue weighted by Gasteiger charge is -2.29. The van der Waals surface area contributed by atoms with Crippen LogP contribution in [0.4, 0.5) is 13.2 Å². The molecule has 0 amide bonds. The average molecular weight is 567 g/mol. The number of rotatable bonds is 14. The van der Waals surface area contributed by atoms with Gasteiger partial charge >= 0.3 is 0 Å². The van der Waals surface area contributed by atoms with Crippen molar-refractivity contribution < 1.29 is 27.4 Å². The highest BCUT2D eigenvalue weighted by atomic mass is 19.2. The molecule has 0 saturated carbocycles. The van der Waals surface area contributed by atoms with Gasteiger partial charge in [-0.25, -0.2) is 8.78 Å². The van der Waals surface area contributed by atoms with E-state index in [2.05, 4.69) is 13.0 Å². The molecule has 3 aromatic carbocycles. The van der Waals surface area contributed by atoms with Gasteiger partial charge in [-0.1, -0.05) is 87.6 Å². The Kier molecular flexibility index (Phi) is 11.9. The molecule has 1 saturated heterocycles. The monoisotopic (exact) mass is 566 g/mol. The zero-order chi connectivity index (χ0) is 29.0. The van der Waals surface area contributed by atoms with E-state index < -0.39 is 11.6 Å². The minimum Gasteiger partial charge on any atom is -0.490 e. The van der Waals surface area contributed by atoms with Crippen LogP contribution in [-0.4, -0.2) is 26.1 Å². The number of allylic oxidation sites excluding steroid dienone is 2. The molecule has 1 fully saturated rings. The Balaban J connectivity index is 1.35. The summed E-state index contributed by atoms with van der Waals surface area (Å²) in [5.74, 6) is -2.39. The molecule has 0 aliphatic carbocycles. The fourth-order valence-electron chi connectivity index (χ4n) is 5.08. The summed E-state index contributed by atoms with van der Waals surface area (Å²) >= 11 is 0. The van der Waals surface area contributed by atoms with Crippen molar-refractivity contribution in [3.05, 3.63) is 89.8 Å². The molecule has 0 spiro atoms. The van der Waals surface area contributed by atoms with Gasteiger partial charge in [-0.15, -0.1) is 0 Å². The number of ether oxygens (including phenoxy) is 3. The first-order valence-electron chi connectivity index (χ1n) is 14.9.